The summed E-state index contributed by atoms with van der Waals surface area (Å²) in [6, 6.07) is 3.31. The standard InChI is InChI=1S/C25H32N6O3/c1-15(2)14-34-21-11-19(29-31(23(21)32)25(3)8-5-9-25)18-13-30(16-6-4-7-16)20-12-27-22(10-17(18)20)28-24(26)33/h10-13,15-16H,4-9,14H2,1-3H3,(H3,26,27,28,33). The maximum Gasteiger partial charge on any atom is 0.317 e. The summed E-state index contributed by atoms with van der Waals surface area (Å²) < 4.78 is 9.84. The van der Waals surface area contributed by atoms with Gasteiger partial charge in [0, 0.05) is 29.3 Å². The second-order valence-electron chi connectivity index (χ2n) is 10.3. The number of hydrogen-bond acceptors (Lipinski definition) is 5. The number of nitrogens with zero attached hydrogens (tertiary/aromatic N) is 4. The van der Waals surface area contributed by atoms with Crippen LogP contribution in [0.15, 0.2) is 29.3 Å². The Morgan fingerprint density at radius 3 is 2.65 bits per heavy atom. The van der Waals surface area contributed by atoms with Crippen LogP contribution in [-0.2, 0) is 5.54 Å². The zero-order chi connectivity index (χ0) is 24.0. The van der Waals surface area contributed by atoms with E-state index in [4.69, 9.17) is 15.6 Å². The molecule has 2 amide bonds. The first-order valence-electron chi connectivity index (χ1n) is 12.1. The molecule has 0 radical (unpaired) electrons. The second-order valence-corrected chi connectivity index (χ2v) is 10.3. The third kappa shape index (κ3) is 3.93. The average molecular weight is 465 g/mol. The third-order valence-electron chi connectivity index (χ3n) is 7.11. The third-order valence-corrected chi connectivity index (χ3v) is 7.11. The minimum Gasteiger partial charge on any atom is -0.488 e. The summed E-state index contributed by atoms with van der Waals surface area (Å²) in [5.74, 6) is 0.988. The van der Waals surface area contributed by atoms with E-state index < -0.39 is 6.03 Å². The summed E-state index contributed by atoms with van der Waals surface area (Å²) in [4.78, 5) is 29.1. The van der Waals surface area contributed by atoms with Crippen LogP contribution in [0.25, 0.3) is 22.2 Å². The molecule has 3 heterocycles. The molecule has 2 fully saturated rings. The number of pyridine rings is 1. The van der Waals surface area contributed by atoms with Crippen LogP contribution in [-0.4, -0.2) is 32.0 Å². The van der Waals surface area contributed by atoms with Crippen molar-refractivity contribution < 1.29 is 9.53 Å². The zero-order valence-corrected chi connectivity index (χ0v) is 20.0. The molecule has 3 aromatic rings. The predicted molar refractivity (Wildman–Crippen MR) is 131 cm³/mol. The molecule has 34 heavy (non-hydrogen) atoms. The highest BCUT2D eigenvalue weighted by Gasteiger charge is 2.37. The van der Waals surface area contributed by atoms with Crippen LogP contribution < -0.4 is 21.3 Å². The quantitative estimate of drug-likeness (QED) is 0.537. The van der Waals surface area contributed by atoms with Crippen molar-refractivity contribution in [1.82, 2.24) is 19.3 Å². The molecule has 3 aromatic heterocycles. The number of nitrogens with one attached hydrogen (secondary N) is 1. The Kier molecular flexibility index (Phi) is 5.58. The molecule has 9 heteroatoms. The number of rotatable bonds is 7. The van der Waals surface area contributed by atoms with Crippen molar-refractivity contribution >= 4 is 22.8 Å². The van der Waals surface area contributed by atoms with Crippen molar-refractivity contribution in [2.24, 2.45) is 11.7 Å². The fourth-order valence-corrected chi connectivity index (χ4v) is 4.74. The van der Waals surface area contributed by atoms with Crippen molar-refractivity contribution in [3.8, 4) is 17.0 Å². The first kappa shape index (κ1) is 22.4. The lowest BCUT2D eigenvalue weighted by molar-refractivity contribution is 0.138. The lowest BCUT2D eigenvalue weighted by Gasteiger charge is -2.39. The molecule has 5 rings (SSSR count). The fraction of sp³-hybridized carbons (Fsp3) is 0.520. The summed E-state index contributed by atoms with van der Waals surface area (Å²) in [7, 11) is 0. The van der Waals surface area contributed by atoms with Gasteiger partial charge < -0.3 is 15.0 Å². The first-order chi connectivity index (χ1) is 16.2. The molecule has 0 unspecified atom stereocenters. The van der Waals surface area contributed by atoms with Crippen molar-refractivity contribution in [3.05, 3.63) is 34.9 Å². The molecule has 0 spiro atoms. The van der Waals surface area contributed by atoms with Gasteiger partial charge >= 0.3 is 11.6 Å². The molecular weight excluding hydrogens is 432 g/mol. The van der Waals surface area contributed by atoms with Gasteiger partial charge in [-0.05, 0) is 57.4 Å². The summed E-state index contributed by atoms with van der Waals surface area (Å²) >= 11 is 0. The van der Waals surface area contributed by atoms with Gasteiger partial charge in [-0.15, -0.1) is 0 Å². The number of amides is 2. The molecule has 0 atom stereocenters. The Hall–Kier alpha value is -3.36. The molecular formula is C25H32N6O3. The van der Waals surface area contributed by atoms with Gasteiger partial charge in [0.15, 0.2) is 5.75 Å². The van der Waals surface area contributed by atoms with Gasteiger partial charge in [0.25, 0.3) is 0 Å². The van der Waals surface area contributed by atoms with Crippen LogP contribution in [0, 0.1) is 5.92 Å². The van der Waals surface area contributed by atoms with E-state index in [1.165, 1.54) is 6.42 Å². The number of hydrogen-bond donors (Lipinski definition) is 2. The molecule has 0 saturated heterocycles. The molecule has 2 aliphatic carbocycles. The number of anilines is 1. The minimum absolute atomic E-state index is 0.188. The lowest BCUT2D eigenvalue weighted by atomic mass is 9.78. The van der Waals surface area contributed by atoms with Crippen LogP contribution in [0.1, 0.15) is 65.3 Å². The second kappa shape index (κ2) is 8.45. The van der Waals surface area contributed by atoms with Gasteiger partial charge in [0.05, 0.1) is 29.6 Å². The molecule has 3 N–H and O–H groups in total. The van der Waals surface area contributed by atoms with Crippen molar-refractivity contribution in [2.45, 2.75) is 70.9 Å². The van der Waals surface area contributed by atoms with E-state index in [1.54, 1.807) is 16.9 Å². The number of carbonyl (C=O) groups is 1. The Balaban J connectivity index is 1.69. The smallest absolute Gasteiger partial charge is 0.317 e. The van der Waals surface area contributed by atoms with Gasteiger partial charge in [-0.2, -0.15) is 5.10 Å². The molecule has 0 aromatic carbocycles. The van der Waals surface area contributed by atoms with Gasteiger partial charge in [0.2, 0.25) is 0 Å². The summed E-state index contributed by atoms with van der Waals surface area (Å²) in [6.07, 6.45) is 10.2. The number of nitrogens with two attached hydrogens (primary N) is 1. The summed E-state index contributed by atoms with van der Waals surface area (Å²) in [6.45, 7) is 6.65. The fourth-order valence-electron chi connectivity index (χ4n) is 4.74. The average Bonchev–Trinajstić information content (AvgIpc) is 3.08. The van der Waals surface area contributed by atoms with Crippen LogP contribution >= 0.6 is 0 Å². The van der Waals surface area contributed by atoms with E-state index in [2.05, 4.69) is 41.8 Å². The number of ether oxygens (including phenoxy) is 1. The number of urea groups is 1. The SMILES string of the molecule is CC(C)COc1cc(-c2cn(C3CCC3)c3cnc(NC(N)=O)cc23)nn(C2(C)CCC2)c1=O. The number of fused-ring (bicyclic) bond motifs is 1. The van der Waals surface area contributed by atoms with Crippen LogP contribution in [0.4, 0.5) is 10.6 Å². The number of primary amides is 1. The highest BCUT2D eigenvalue weighted by molar-refractivity contribution is 5.98. The van der Waals surface area contributed by atoms with Gasteiger partial charge in [-0.1, -0.05) is 13.8 Å². The Morgan fingerprint density at radius 1 is 1.29 bits per heavy atom. The van der Waals surface area contributed by atoms with Crippen LogP contribution in [0.5, 0.6) is 5.75 Å². The highest BCUT2D eigenvalue weighted by atomic mass is 16.5. The maximum atomic E-state index is 13.3. The predicted octanol–water partition coefficient (Wildman–Crippen LogP) is 4.41. The zero-order valence-electron chi connectivity index (χ0n) is 20.0. The Bertz CT molecular complexity index is 1300. The van der Waals surface area contributed by atoms with Gasteiger partial charge in [0.1, 0.15) is 5.82 Å². The minimum atomic E-state index is -0.666. The molecule has 0 bridgehead atoms. The Labute approximate surface area is 198 Å². The van der Waals surface area contributed by atoms with Crippen molar-refractivity contribution in [3.63, 3.8) is 0 Å². The molecule has 2 aliphatic rings. The normalized spacial score (nSPS) is 17.4. The van der Waals surface area contributed by atoms with Gasteiger partial charge in [-0.25, -0.2) is 14.5 Å². The van der Waals surface area contributed by atoms with Crippen molar-refractivity contribution in [1.29, 1.82) is 0 Å². The molecule has 9 nitrogen and oxygen atoms in total. The number of aromatic nitrogens is 4. The molecule has 0 aliphatic heterocycles. The van der Waals surface area contributed by atoms with Crippen LogP contribution in [0.3, 0.4) is 0 Å². The topological polar surface area (TPSA) is 117 Å². The van der Waals surface area contributed by atoms with Gasteiger partial charge in [-0.3, -0.25) is 10.1 Å². The van der Waals surface area contributed by atoms with E-state index in [-0.39, 0.29) is 17.0 Å². The monoisotopic (exact) mass is 464 g/mol. The Morgan fingerprint density at radius 2 is 2.06 bits per heavy atom. The number of carbonyl (C=O) groups excluding carboxylic acids is 1. The lowest BCUT2D eigenvalue weighted by Crippen LogP contribution is -2.45. The summed E-state index contributed by atoms with van der Waals surface area (Å²) in [5, 5.41) is 8.33. The van der Waals surface area contributed by atoms with Crippen LogP contribution in [0.2, 0.25) is 0 Å². The maximum absolute atomic E-state index is 13.3. The van der Waals surface area contributed by atoms with E-state index in [9.17, 15) is 9.59 Å². The molecule has 2 saturated carbocycles. The van der Waals surface area contributed by atoms with E-state index in [0.717, 1.165) is 48.6 Å². The first-order valence-corrected chi connectivity index (χ1v) is 12.1. The van der Waals surface area contributed by atoms with E-state index in [0.29, 0.717) is 29.9 Å². The summed E-state index contributed by atoms with van der Waals surface area (Å²) in [5.41, 5.74) is 7.34. The largest absolute Gasteiger partial charge is 0.488 e. The highest BCUT2D eigenvalue weighted by Crippen LogP contribution is 2.41. The van der Waals surface area contributed by atoms with E-state index in [1.807, 2.05) is 6.07 Å². The van der Waals surface area contributed by atoms with Crippen molar-refractivity contribution in [2.75, 3.05) is 11.9 Å². The van der Waals surface area contributed by atoms with E-state index >= 15 is 0 Å². The molecule has 180 valence electrons.